The fourth-order valence-corrected chi connectivity index (χ4v) is 2.66. The Hall–Kier alpha value is -3.02. The largest absolute Gasteiger partial charge is 0.332 e. The lowest BCUT2D eigenvalue weighted by Crippen LogP contribution is -2.24. The Morgan fingerprint density at radius 1 is 0.958 bits per heavy atom. The molecule has 0 fully saturated rings. The zero-order valence-electron chi connectivity index (χ0n) is 12.8. The number of halogens is 2. The van der Waals surface area contributed by atoms with Crippen LogP contribution in [0.5, 0.6) is 0 Å². The predicted molar refractivity (Wildman–Crippen MR) is 85.9 cm³/mol. The number of para-hydroxylation sites is 1. The summed E-state index contributed by atoms with van der Waals surface area (Å²) in [6, 6.07) is 16.2. The van der Waals surface area contributed by atoms with Gasteiger partial charge in [-0.1, -0.05) is 48.5 Å². The molecule has 0 radical (unpaired) electrons. The highest BCUT2D eigenvalue weighted by atomic mass is 19.3. The smallest absolute Gasteiger partial charge is 0.288 e. The Bertz CT molecular complexity index is 929. The Morgan fingerprint density at radius 3 is 2.04 bits per heavy atom. The molecular weight excluding hydrogens is 314 g/mol. The normalized spacial score (nSPS) is 11.0. The van der Waals surface area contributed by atoms with E-state index < -0.39 is 17.9 Å². The molecule has 0 N–H and O–H groups in total. The number of nitrogens with zero attached hydrogens (tertiary/aromatic N) is 2. The van der Waals surface area contributed by atoms with Crippen molar-refractivity contribution in [2.45, 2.75) is 13.5 Å². The lowest BCUT2D eigenvalue weighted by Gasteiger charge is -2.12. The molecule has 2 aromatic carbocycles. The van der Waals surface area contributed by atoms with Gasteiger partial charge in [0.05, 0.1) is 11.4 Å². The first-order chi connectivity index (χ1) is 11.5. The molecule has 0 saturated carbocycles. The van der Waals surface area contributed by atoms with Crippen LogP contribution in [0.25, 0.3) is 5.69 Å². The van der Waals surface area contributed by atoms with Gasteiger partial charge in [0.2, 0.25) is 0 Å². The van der Waals surface area contributed by atoms with Gasteiger partial charge >= 0.3 is 6.55 Å². The molecule has 24 heavy (non-hydrogen) atoms. The van der Waals surface area contributed by atoms with E-state index in [-0.39, 0.29) is 22.5 Å². The van der Waals surface area contributed by atoms with Gasteiger partial charge in [0.25, 0.3) is 5.56 Å². The third-order valence-corrected chi connectivity index (χ3v) is 3.78. The minimum atomic E-state index is -2.95. The molecule has 0 bridgehead atoms. The van der Waals surface area contributed by atoms with Crippen molar-refractivity contribution in [3.63, 3.8) is 0 Å². The Balaban J connectivity index is 2.27. The van der Waals surface area contributed by atoms with Gasteiger partial charge in [-0.25, -0.2) is 9.36 Å². The Kier molecular flexibility index (Phi) is 4.12. The summed E-state index contributed by atoms with van der Waals surface area (Å²) < 4.78 is 28.4. The molecular formula is C18H14F2N2O2. The highest BCUT2D eigenvalue weighted by Gasteiger charge is 2.27. The van der Waals surface area contributed by atoms with Gasteiger partial charge in [0, 0.05) is 5.56 Å². The quantitative estimate of drug-likeness (QED) is 0.687. The molecule has 1 heterocycles. The molecule has 122 valence electrons. The molecule has 0 aliphatic rings. The van der Waals surface area contributed by atoms with E-state index in [1.807, 2.05) is 0 Å². The van der Waals surface area contributed by atoms with Crippen molar-refractivity contribution in [3.8, 4) is 5.69 Å². The van der Waals surface area contributed by atoms with Crippen LogP contribution in [-0.4, -0.2) is 15.1 Å². The fraction of sp³-hybridized carbons (Fsp3) is 0.111. The van der Waals surface area contributed by atoms with Gasteiger partial charge in [0.15, 0.2) is 5.78 Å². The van der Waals surface area contributed by atoms with Gasteiger partial charge in [0.1, 0.15) is 5.56 Å². The van der Waals surface area contributed by atoms with Crippen LogP contribution in [-0.2, 0) is 0 Å². The molecule has 0 spiro atoms. The first-order valence-electron chi connectivity index (χ1n) is 7.30. The number of carbonyl (C=O) groups is 1. The van der Waals surface area contributed by atoms with E-state index in [0.29, 0.717) is 4.68 Å². The highest BCUT2D eigenvalue weighted by molar-refractivity contribution is 6.09. The van der Waals surface area contributed by atoms with E-state index in [1.54, 1.807) is 48.5 Å². The van der Waals surface area contributed by atoms with Gasteiger partial charge in [-0.05, 0) is 19.1 Å². The van der Waals surface area contributed by atoms with Crippen LogP contribution < -0.4 is 5.56 Å². The molecule has 0 aliphatic carbocycles. The zero-order valence-corrected chi connectivity index (χ0v) is 12.8. The fourth-order valence-electron chi connectivity index (χ4n) is 2.66. The summed E-state index contributed by atoms with van der Waals surface area (Å²) >= 11 is 0. The molecule has 0 amide bonds. The summed E-state index contributed by atoms with van der Waals surface area (Å²) in [6.07, 6.45) is 0. The molecule has 0 aliphatic heterocycles. The Labute approximate surface area is 136 Å². The average Bonchev–Trinajstić information content (AvgIpc) is 2.86. The molecule has 0 atom stereocenters. The Morgan fingerprint density at radius 2 is 1.50 bits per heavy atom. The first-order valence-corrected chi connectivity index (χ1v) is 7.30. The van der Waals surface area contributed by atoms with Crippen molar-refractivity contribution >= 4 is 5.78 Å². The minimum Gasteiger partial charge on any atom is -0.288 e. The topological polar surface area (TPSA) is 44.0 Å². The van der Waals surface area contributed by atoms with Crippen LogP contribution in [0.15, 0.2) is 65.5 Å². The third kappa shape index (κ3) is 2.56. The number of alkyl halides is 2. The maximum Gasteiger partial charge on any atom is 0.332 e. The summed E-state index contributed by atoms with van der Waals surface area (Å²) in [5.74, 6) is -0.567. The van der Waals surface area contributed by atoms with Gasteiger partial charge in [-0.3, -0.25) is 9.59 Å². The maximum absolute atomic E-state index is 13.5. The van der Waals surface area contributed by atoms with Crippen LogP contribution in [0.2, 0.25) is 0 Å². The highest BCUT2D eigenvalue weighted by Crippen LogP contribution is 2.20. The van der Waals surface area contributed by atoms with Gasteiger partial charge in [-0.15, -0.1) is 0 Å². The predicted octanol–water partition coefficient (Wildman–Crippen LogP) is 3.57. The second-order valence-electron chi connectivity index (χ2n) is 5.23. The van der Waals surface area contributed by atoms with Crippen molar-refractivity contribution < 1.29 is 13.6 Å². The van der Waals surface area contributed by atoms with Crippen molar-refractivity contribution in [2.75, 3.05) is 0 Å². The summed E-state index contributed by atoms with van der Waals surface area (Å²) in [6.45, 7) is -1.60. The number of carbonyl (C=O) groups excluding carboxylic acids is 1. The molecule has 1 aromatic heterocycles. The number of aromatic nitrogens is 2. The summed E-state index contributed by atoms with van der Waals surface area (Å²) in [7, 11) is 0. The van der Waals surface area contributed by atoms with Crippen LogP contribution in [0.1, 0.15) is 28.2 Å². The molecule has 6 heteroatoms. The summed E-state index contributed by atoms with van der Waals surface area (Å²) in [5.41, 5.74) is -0.506. The number of rotatable bonds is 4. The standard InChI is InChI=1S/C18H14F2N2O2/c1-12-15(16(23)13-8-4-2-5-9-13)17(24)22(21(12)18(19)20)14-10-6-3-7-11-14/h2-11,18H,1H3. The van der Waals surface area contributed by atoms with Crippen molar-refractivity contribution in [1.82, 2.24) is 9.36 Å². The SMILES string of the molecule is Cc1c(C(=O)c2ccccc2)c(=O)n(-c2ccccc2)n1C(F)F. The van der Waals surface area contributed by atoms with Crippen LogP contribution in [0, 0.1) is 6.92 Å². The summed E-state index contributed by atoms with van der Waals surface area (Å²) in [4.78, 5) is 25.4. The molecule has 4 nitrogen and oxygen atoms in total. The second-order valence-corrected chi connectivity index (χ2v) is 5.23. The van der Waals surface area contributed by atoms with Gasteiger partial charge < -0.3 is 0 Å². The van der Waals surface area contributed by atoms with Crippen molar-refractivity contribution in [1.29, 1.82) is 0 Å². The maximum atomic E-state index is 13.5. The van der Waals surface area contributed by atoms with Crippen molar-refractivity contribution in [2.24, 2.45) is 0 Å². The van der Waals surface area contributed by atoms with E-state index >= 15 is 0 Å². The minimum absolute atomic E-state index is 0.0623. The van der Waals surface area contributed by atoms with E-state index in [2.05, 4.69) is 0 Å². The van der Waals surface area contributed by atoms with E-state index in [9.17, 15) is 18.4 Å². The van der Waals surface area contributed by atoms with E-state index in [1.165, 1.54) is 19.1 Å². The van der Waals surface area contributed by atoms with Gasteiger partial charge in [-0.2, -0.15) is 8.78 Å². The first kappa shape index (κ1) is 15.9. The number of benzene rings is 2. The van der Waals surface area contributed by atoms with E-state index in [0.717, 1.165) is 4.68 Å². The average molecular weight is 328 g/mol. The van der Waals surface area contributed by atoms with E-state index in [4.69, 9.17) is 0 Å². The number of hydrogen-bond donors (Lipinski definition) is 0. The van der Waals surface area contributed by atoms with Crippen LogP contribution in [0.4, 0.5) is 8.78 Å². The lowest BCUT2D eigenvalue weighted by molar-refractivity contribution is 0.0464. The third-order valence-electron chi connectivity index (χ3n) is 3.78. The lowest BCUT2D eigenvalue weighted by atomic mass is 10.0. The van der Waals surface area contributed by atoms with Crippen LogP contribution in [0.3, 0.4) is 0 Å². The number of hydrogen-bond acceptors (Lipinski definition) is 2. The molecule has 0 unspecified atom stereocenters. The monoisotopic (exact) mass is 328 g/mol. The zero-order chi connectivity index (χ0) is 17.3. The van der Waals surface area contributed by atoms with Crippen LogP contribution >= 0.6 is 0 Å². The van der Waals surface area contributed by atoms with Crippen molar-refractivity contribution in [3.05, 3.63) is 87.8 Å². The second kappa shape index (κ2) is 6.23. The molecule has 3 aromatic rings. The molecule has 0 saturated heterocycles. The summed E-state index contributed by atoms with van der Waals surface area (Å²) in [5, 5.41) is 0. The molecule has 3 rings (SSSR count). The number of ketones is 1.